The van der Waals surface area contributed by atoms with Crippen LogP contribution in [0.2, 0.25) is 0 Å². The first kappa shape index (κ1) is 15.2. The van der Waals surface area contributed by atoms with Crippen LogP contribution in [-0.2, 0) is 0 Å². The van der Waals surface area contributed by atoms with Crippen LogP contribution < -0.4 is 0 Å². The number of fused-ring (bicyclic) bond motifs is 2. The number of piperidine rings is 1. The monoisotopic (exact) mass is 325 g/mol. The first-order valence-electron chi connectivity index (χ1n) is 8.49. The quantitative estimate of drug-likeness (QED) is 0.904. The second-order valence-electron chi connectivity index (χ2n) is 6.86. The molecule has 2 bridgehead atoms. The van der Waals surface area contributed by atoms with Gasteiger partial charge in [0.1, 0.15) is 11.6 Å². The molecule has 2 aromatic carbocycles. The molecule has 2 aliphatic rings. The lowest BCUT2D eigenvalue weighted by Gasteiger charge is -2.39. The molecule has 1 unspecified atom stereocenters. The van der Waals surface area contributed by atoms with E-state index in [-0.39, 0.29) is 29.6 Å². The Kier molecular flexibility index (Phi) is 3.75. The zero-order valence-electron chi connectivity index (χ0n) is 13.4. The third-order valence-corrected chi connectivity index (χ3v) is 5.42. The normalized spacial score (nSPS) is 25.7. The van der Waals surface area contributed by atoms with E-state index in [2.05, 4.69) is 0 Å². The Balaban J connectivity index is 1.53. The molecule has 4 rings (SSSR count). The third kappa shape index (κ3) is 2.66. The van der Waals surface area contributed by atoms with Crippen LogP contribution in [0.5, 0.6) is 5.75 Å². The molecular formula is C20H20FNO2. The number of aromatic hydroxyl groups is 1. The van der Waals surface area contributed by atoms with Crippen molar-refractivity contribution in [2.24, 2.45) is 0 Å². The number of phenolic OH excluding ortho intramolecular Hbond substituents is 1. The van der Waals surface area contributed by atoms with Gasteiger partial charge in [0.15, 0.2) is 0 Å². The summed E-state index contributed by atoms with van der Waals surface area (Å²) in [6, 6.07) is 13.8. The van der Waals surface area contributed by atoms with Gasteiger partial charge in [-0.1, -0.05) is 12.1 Å². The van der Waals surface area contributed by atoms with Crippen molar-refractivity contribution >= 4 is 5.91 Å². The van der Waals surface area contributed by atoms with E-state index in [1.165, 1.54) is 17.7 Å². The van der Waals surface area contributed by atoms with Gasteiger partial charge in [-0.05, 0) is 73.6 Å². The Hall–Kier alpha value is -2.36. The van der Waals surface area contributed by atoms with E-state index in [0.29, 0.717) is 11.5 Å². The summed E-state index contributed by atoms with van der Waals surface area (Å²) in [7, 11) is 0. The van der Waals surface area contributed by atoms with Crippen molar-refractivity contribution in [1.29, 1.82) is 0 Å². The molecule has 0 spiro atoms. The van der Waals surface area contributed by atoms with Crippen LogP contribution in [0.25, 0.3) is 0 Å². The van der Waals surface area contributed by atoms with Crippen LogP contribution in [0.3, 0.4) is 0 Å². The number of rotatable bonds is 2. The Morgan fingerprint density at radius 3 is 2.12 bits per heavy atom. The molecule has 1 N–H and O–H groups in total. The second kappa shape index (κ2) is 5.93. The predicted molar refractivity (Wildman–Crippen MR) is 89.5 cm³/mol. The van der Waals surface area contributed by atoms with Crippen LogP contribution in [0, 0.1) is 5.82 Å². The Morgan fingerprint density at radius 1 is 0.958 bits per heavy atom. The second-order valence-corrected chi connectivity index (χ2v) is 6.86. The number of phenols is 1. The van der Waals surface area contributed by atoms with Crippen molar-refractivity contribution in [3.8, 4) is 5.75 Å². The molecule has 2 aliphatic heterocycles. The highest BCUT2D eigenvalue weighted by Crippen LogP contribution is 2.43. The maximum absolute atomic E-state index is 13.1. The van der Waals surface area contributed by atoms with Crippen LogP contribution in [0.1, 0.15) is 47.5 Å². The molecule has 2 fully saturated rings. The van der Waals surface area contributed by atoms with Crippen molar-refractivity contribution in [3.63, 3.8) is 0 Å². The van der Waals surface area contributed by atoms with E-state index in [4.69, 9.17) is 0 Å². The van der Waals surface area contributed by atoms with Gasteiger partial charge in [-0.25, -0.2) is 4.39 Å². The SMILES string of the molecule is O=C(c1ccc(O)cc1)N1[C@@H]2CC[C@H]1CC(c1ccc(F)cc1)C2. The standard InChI is InChI=1S/C20H20FNO2/c21-16-5-1-13(2-6-16)15-11-17-7-8-18(12-15)22(17)20(24)14-3-9-19(23)10-4-14/h1-6,9-10,15,17-18,23H,7-8,11-12H2/t15?,17-,18+. The van der Waals surface area contributed by atoms with Gasteiger partial charge < -0.3 is 10.0 Å². The van der Waals surface area contributed by atoms with Crippen LogP contribution >= 0.6 is 0 Å². The van der Waals surface area contributed by atoms with E-state index in [9.17, 15) is 14.3 Å². The summed E-state index contributed by atoms with van der Waals surface area (Å²) in [6.07, 6.45) is 3.94. The Morgan fingerprint density at radius 2 is 1.54 bits per heavy atom. The van der Waals surface area contributed by atoms with Gasteiger partial charge in [0.25, 0.3) is 5.91 Å². The number of carbonyl (C=O) groups excluding carboxylic acids is 1. The fraction of sp³-hybridized carbons (Fsp3) is 0.350. The number of amides is 1. The molecule has 0 saturated carbocycles. The average molecular weight is 325 g/mol. The van der Waals surface area contributed by atoms with Crippen molar-refractivity contribution in [3.05, 3.63) is 65.5 Å². The first-order chi connectivity index (χ1) is 11.6. The highest BCUT2D eigenvalue weighted by molar-refractivity contribution is 5.95. The number of hydrogen-bond acceptors (Lipinski definition) is 2. The van der Waals surface area contributed by atoms with Crippen LogP contribution in [-0.4, -0.2) is 28.0 Å². The summed E-state index contributed by atoms with van der Waals surface area (Å²) in [5, 5.41) is 9.39. The lowest BCUT2D eigenvalue weighted by molar-refractivity contribution is 0.0571. The summed E-state index contributed by atoms with van der Waals surface area (Å²) >= 11 is 0. The zero-order valence-corrected chi connectivity index (χ0v) is 13.4. The molecule has 124 valence electrons. The van der Waals surface area contributed by atoms with E-state index in [1.54, 1.807) is 24.3 Å². The molecule has 24 heavy (non-hydrogen) atoms. The molecule has 2 aromatic rings. The summed E-state index contributed by atoms with van der Waals surface area (Å²) in [4.78, 5) is 14.9. The molecule has 0 aromatic heterocycles. The largest absolute Gasteiger partial charge is 0.508 e. The van der Waals surface area contributed by atoms with Crippen molar-refractivity contribution in [1.82, 2.24) is 4.90 Å². The number of halogens is 1. The lowest BCUT2D eigenvalue weighted by atomic mass is 9.85. The minimum absolute atomic E-state index is 0.0556. The molecule has 2 heterocycles. The number of carbonyl (C=O) groups is 1. The smallest absolute Gasteiger partial charge is 0.254 e. The predicted octanol–water partition coefficient (Wildman–Crippen LogP) is 4.08. The Labute approximate surface area is 140 Å². The topological polar surface area (TPSA) is 40.5 Å². The van der Waals surface area contributed by atoms with E-state index in [1.807, 2.05) is 17.0 Å². The van der Waals surface area contributed by atoms with Gasteiger partial charge in [-0.2, -0.15) is 0 Å². The Bertz CT molecular complexity index is 727. The molecule has 0 radical (unpaired) electrons. The fourth-order valence-corrected chi connectivity index (χ4v) is 4.27. The fourth-order valence-electron chi connectivity index (χ4n) is 4.27. The van der Waals surface area contributed by atoms with E-state index < -0.39 is 0 Å². The van der Waals surface area contributed by atoms with Gasteiger partial charge >= 0.3 is 0 Å². The van der Waals surface area contributed by atoms with Crippen molar-refractivity contribution < 1.29 is 14.3 Å². The molecule has 1 amide bonds. The van der Waals surface area contributed by atoms with Crippen molar-refractivity contribution in [2.45, 2.75) is 43.7 Å². The van der Waals surface area contributed by atoms with E-state index in [0.717, 1.165) is 25.7 Å². The maximum atomic E-state index is 13.1. The first-order valence-corrected chi connectivity index (χ1v) is 8.49. The average Bonchev–Trinajstić information content (AvgIpc) is 2.85. The van der Waals surface area contributed by atoms with Gasteiger partial charge in [-0.15, -0.1) is 0 Å². The molecule has 0 aliphatic carbocycles. The third-order valence-electron chi connectivity index (χ3n) is 5.42. The molecule has 2 saturated heterocycles. The van der Waals surface area contributed by atoms with E-state index >= 15 is 0 Å². The zero-order chi connectivity index (χ0) is 16.7. The number of hydrogen-bond donors (Lipinski definition) is 1. The number of benzene rings is 2. The highest BCUT2D eigenvalue weighted by atomic mass is 19.1. The van der Waals surface area contributed by atoms with Gasteiger partial charge in [0.05, 0.1) is 0 Å². The van der Waals surface area contributed by atoms with Gasteiger partial charge in [0.2, 0.25) is 0 Å². The highest BCUT2D eigenvalue weighted by Gasteiger charge is 2.43. The molecule has 3 atom stereocenters. The summed E-state index contributed by atoms with van der Waals surface area (Å²) in [5.41, 5.74) is 1.80. The van der Waals surface area contributed by atoms with Crippen molar-refractivity contribution in [2.75, 3.05) is 0 Å². The van der Waals surface area contributed by atoms with Crippen LogP contribution in [0.15, 0.2) is 48.5 Å². The molecular weight excluding hydrogens is 305 g/mol. The molecule has 4 heteroatoms. The summed E-state index contributed by atoms with van der Waals surface area (Å²) in [5.74, 6) is 0.415. The maximum Gasteiger partial charge on any atom is 0.254 e. The van der Waals surface area contributed by atoms with Gasteiger partial charge in [-0.3, -0.25) is 4.79 Å². The summed E-state index contributed by atoms with van der Waals surface area (Å²) in [6.45, 7) is 0. The number of nitrogens with zero attached hydrogens (tertiary/aromatic N) is 1. The minimum atomic E-state index is -0.207. The summed E-state index contributed by atoms with van der Waals surface area (Å²) < 4.78 is 13.1. The van der Waals surface area contributed by atoms with Gasteiger partial charge in [0, 0.05) is 17.6 Å². The van der Waals surface area contributed by atoms with Crippen LogP contribution in [0.4, 0.5) is 4.39 Å². The molecule has 3 nitrogen and oxygen atoms in total. The lowest BCUT2D eigenvalue weighted by Crippen LogP contribution is -2.46. The minimum Gasteiger partial charge on any atom is -0.508 e.